The Balaban J connectivity index is 1.92. The van der Waals surface area contributed by atoms with Crippen molar-refractivity contribution in [3.63, 3.8) is 0 Å². The van der Waals surface area contributed by atoms with Crippen molar-refractivity contribution < 1.29 is 4.79 Å². The first kappa shape index (κ1) is 16.8. The van der Waals surface area contributed by atoms with Crippen LogP contribution in [0.3, 0.4) is 0 Å². The van der Waals surface area contributed by atoms with Crippen LogP contribution in [-0.2, 0) is 4.79 Å². The highest BCUT2D eigenvalue weighted by Crippen LogP contribution is 2.38. The Morgan fingerprint density at radius 2 is 2.00 bits per heavy atom. The summed E-state index contributed by atoms with van der Waals surface area (Å²) in [7, 11) is 0. The van der Waals surface area contributed by atoms with Crippen molar-refractivity contribution in [1.82, 2.24) is 10.2 Å². The average Bonchev–Trinajstić information content (AvgIpc) is 2.81. The molecule has 2 aliphatic rings. The fraction of sp³-hybridized carbons (Fsp3) is 0.941. The molecule has 4 nitrogen and oxygen atoms in total. The molecule has 1 aliphatic carbocycles. The van der Waals surface area contributed by atoms with Crippen LogP contribution in [-0.4, -0.2) is 42.0 Å². The van der Waals surface area contributed by atoms with Crippen LogP contribution >= 0.6 is 0 Å². The zero-order valence-electron chi connectivity index (χ0n) is 14.0. The van der Waals surface area contributed by atoms with E-state index in [0.717, 1.165) is 38.1 Å². The molecule has 2 atom stereocenters. The molecule has 0 aromatic rings. The number of hydrogen-bond acceptors (Lipinski definition) is 3. The van der Waals surface area contributed by atoms with E-state index in [0.29, 0.717) is 12.0 Å². The molecule has 1 amide bonds. The molecular formula is C17H33N3O. The standard InChI is InChI=1S/C17H33N3O/c1-13(2)19-17(16(18)21)9-4-5-15(17)8-12-20-10-6-14(3)7-11-20/h13-15,19H,4-12H2,1-3H3,(H2,18,21). The third-order valence-electron chi connectivity index (χ3n) is 5.48. The second kappa shape index (κ2) is 7.10. The van der Waals surface area contributed by atoms with Crippen LogP contribution in [0.25, 0.3) is 0 Å². The Hall–Kier alpha value is -0.610. The Morgan fingerprint density at radius 1 is 1.33 bits per heavy atom. The number of nitrogens with zero attached hydrogens (tertiary/aromatic N) is 1. The second-order valence-electron chi connectivity index (χ2n) is 7.54. The quantitative estimate of drug-likeness (QED) is 0.789. The lowest BCUT2D eigenvalue weighted by Gasteiger charge is -2.37. The Morgan fingerprint density at radius 3 is 2.57 bits per heavy atom. The average molecular weight is 295 g/mol. The van der Waals surface area contributed by atoms with Gasteiger partial charge in [0.05, 0.1) is 0 Å². The monoisotopic (exact) mass is 295 g/mol. The molecule has 0 radical (unpaired) electrons. The van der Waals surface area contributed by atoms with Gasteiger partial charge in [-0.2, -0.15) is 0 Å². The molecule has 1 heterocycles. The summed E-state index contributed by atoms with van der Waals surface area (Å²) >= 11 is 0. The highest BCUT2D eigenvalue weighted by molar-refractivity contribution is 5.85. The summed E-state index contributed by atoms with van der Waals surface area (Å²) in [5, 5.41) is 3.51. The highest BCUT2D eigenvalue weighted by Gasteiger charge is 2.47. The summed E-state index contributed by atoms with van der Waals surface area (Å²) in [6.07, 6.45) is 6.88. The predicted octanol–water partition coefficient (Wildman–Crippen LogP) is 2.13. The van der Waals surface area contributed by atoms with Gasteiger partial charge < -0.3 is 16.0 Å². The van der Waals surface area contributed by atoms with E-state index in [4.69, 9.17) is 5.73 Å². The lowest BCUT2D eigenvalue weighted by Crippen LogP contribution is -2.60. The zero-order valence-corrected chi connectivity index (χ0v) is 14.0. The molecule has 122 valence electrons. The van der Waals surface area contributed by atoms with E-state index >= 15 is 0 Å². The zero-order chi connectivity index (χ0) is 15.5. The SMILES string of the molecule is CC1CCN(CCC2CCCC2(NC(C)C)C(N)=O)CC1. The van der Waals surface area contributed by atoms with Crippen LogP contribution in [0.15, 0.2) is 0 Å². The minimum atomic E-state index is -0.461. The largest absolute Gasteiger partial charge is 0.368 e. The van der Waals surface area contributed by atoms with Crippen LogP contribution < -0.4 is 11.1 Å². The molecule has 0 bridgehead atoms. The summed E-state index contributed by atoms with van der Waals surface area (Å²) in [6.45, 7) is 10.1. The van der Waals surface area contributed by atoms with Crippen LogP contribution in [0.1, 0.15) is 59.3 Å². The molecule has 2 unspecified atom stereocenters. The smallest absolute Gasteiger partial charge is 0.238 e. The van der Waals surface area contributed by atoms with Gasteiger partial charge in [-0.25, -0.2) is 0 Å². The second-order valence-corrected chi connectivity index (χ2v) is 7.54. The molecule has 4 heteroatoms. The number of amides is 1. The summed E-state index contributed by atoms with van der Waals surface area (Å²) in [6, 6.07) is 0.300. The molecule has 3 N–H and O–H groups in total. The van der Waals surface area contributed by atoms with Gasteiger partial charge in [-0.05, 0) is 77.4 Å². The summed E-state index contributed by atoms with van der Waals surface area (Å²) < 4.78 is 0. The minimum Gasteiger partial charge on any atom is -0.368 e. The number of rotatable bonds is 6. The summed E-state index contributed by atoms with van der Waals surface area (Å²) in [5.41, 5.74) is 5.32. The number of nitrogens with two attached hydrogens (primary N) is 1. The third-order valence-corrected chi connectivity index (χ3v) is 5.48. The van der Waals surface area contributed by atoms with Gasteiger partial charge >= 0.3 is 0 Å². The molecule has 21 heavy (non-hydrogen) atoms. The van der Waals surface area contributed by atoms with Crippen molar-refractivity contribution in [1.29, 1.82) is 0 Å². The van der Waals surface area contributed by atoms with E-state index in [-0.39, 0.29) is 5.91 Å². The van der Waals surface area contributed by atoms with E-state index in [2.05, 4.69) is 31.0 Å². The highest BCUT2D eigenvalue weighted by atomic mass is 16.1. The summed E-state index contributed by atoms with van der Waals surface area (Å²) in [4.78, 5) is 14.7. The maximum atomic E-state index is 12.1. The predicted molar refractivity (Wildman–Crippen MR) is 87.0 cm³/mol. The van der Waals surface area contributed by atoms with Gasteiger partial charge in [0.15, 0.2) is 0 Å². The van der Waals surface area contributed by atoms with E-state index in [1.807, 2.05) is 0 Å². The molecule has 0 aromatic carbocycles. The summed E-state index contributed by atoms with van der Waals surface area (Å²) in [5.74, 6) is 1.13. The lowest BCUT2D eigenvalue weighted by molar-refractivity contribution is -0.126. The topological polar surface area (TPSA) is 58.4 Å². The van der Waals surface area contributed by atoms with Crippen LogP contribution in [0.4, 0.5) is 0 Å². The van der Waals surface area contributed by atoms with Crippen molar-refractivity contribution in [3.8, 4) is 0 Å². The van der Waals surface area contributed by atoms with E-state index < -0.39 is 5.54 Å². The van der Waals surface area contributed by atoms with E-state index in [1.54, 1.807) is 0 Å². The molecule has 1 saturated carbocycles. The van der Waals surface area contributed by atoms with Gasteiger partial charge in [-0.1, -0.05) is 13.3 Å². The van der Waals surface area contributed by atoms with E-state index in [9.17, 15) is 4.79 Å². The number of nitrogens with one attached hydrogen (secondary N) is 1. The van der Waals surface area contributed by atoms with Gasteiger partial charge in [-0.3, -0.25) is 4.79 Å². The fourth-order valence-corrected chi connectivity index (χ4v) is 4.19. The minimum absolute atomic E-state index is 0.147. The first-order chi connectivity index (χ1) is 9.94. The van der Waals surface area contributed by atoms with Gasteiger partial charge in [-0.15, -0.1) is 0 Å². The molecule has 2 rings (SSSR count). The number of carbonyl (C=O) groups excluding carboxylic acids is 1. The number of carbonyl (C=O) groups is 1. The van der Waals surface area contributed by atoms with Crippen molar-refractivity contribution in [2.45, 2.75) is 70.9 Å². The van der Waals surface area contributed by atoms with Gasteiger partial charge in [0, 0.05) is 6.04 Å². The van der Waals surface area contributed by atoms with Gasteiger partial charge in [0.25, 0.3) is 0 Å². The van der Waals surface area contributed by atoms with E-state index in [1.165, 1.54) is 25.9 Å². The normalized spacial score (nSPS) is 31.9. The van der Waals surface area contributed by atoms with Crippen molar-refractivity contribution in [3.05, 3.63) is 0 Å². The Kier molecular flexibility index (Phi) is 5.67. The van der Waals surface area contributed by atoms with Crippen LogP contribution in [0, 0.1) is 11.8 Å². The molecule has 0 aromatic heterocycles. The van der Waals surface area contributed by atoms with Crippen molar-refractivity contribution >= 4 is 5.91 Å². The van der Waals surface area contributed by atoms with Gasteiger partial charge in [0.2, 0.25) is 5.91 Å². The maximum Gasteiger partial charge on any atom is 0.238 e. The van der Waals surface area contributed by atoms with Crippen LogP contribution in [0.2, 0.25) is 0 Å². The van der Waals surface area contributed by atoms with Crippen molar-refractivity contribution in [2.75, 3.05) is 19.6 Å². The number of piperidine rings is 1. The Labute approximate surface area is 129 Å². The third kappa shape index (κ3) is 3.98. The van der Waals surface area contributed by atoms with Crippen LogP contribution in [0.5, 0.6) is 0 Å². The van der Waals surface area contributed by atoms with Gasteiger partial charge in [0.1, 0.15) is 5.54 Å². The molecule has 0 spiro atoms. The van der Waals surface area contributed by atoms with Crippen molar-refractivity contribution in [2.24, 2.45) is 17.6 Å². The number of likely N-dealkylation sites (tertiary alicyclic amines) is 1. The maximum absolute atomic E-state index is 12.1. The molecule has 2 fully saturated rings. The molecule has 1 saturated heterocycles. The number of primary amides is 1. The number of hydrogen-bond donors (Lipinski definition) is 2. The first-order valence-corrected chi connectivity index (χ1v) is 8.74. The fourth-order valence-electron chi connectivity index (χ4n) is 4.19. The first-order valence-electron chi connectivity index (χ1n) is 8.74. The molecule has 1 aliphatic heterocycles. The molecular weight excluding hydrogens is 262 g/mol. The Bertz CT molecular complexity index is 350. The lowest BCUT2D eigenvalue weighted by atomic mass is 9.83.